The molecule has 41 heavy (non-hydrogen) atoms. The fraction of sp³-hybridized carbons (Fsp3) is 0.538. The molecule has 1 N–H and O–H groups in total. The predicted octanol–water partition coefficient (Wildman–Crippen LogP) is 2.90. The molecule has 2 aliphatic heterocycles. The van der Waals surface area contributed by atoms with Gasteiger partial charge in [-0.25, -0.2) is 14.8 Å². The Morgan fingerprint density at radius 2 is 1.83 bits per heavy atom. The van der Waals surface area contributed by atoms with E-state index in [4.69, 9.17) is 14.7 Å². The van der Waals surface area contributed by atoms with Gasteiger partial charge in [-0.05, 0) is 18.1 Å². The smallest absolute Gasteiger partial charge is 0.490 e. The zero-order chi connectivity index (χ0) is 29.5. The number of piperazine rings is 1. The number of fused-ring (bicyclic) bond motifs is 2. The number of halogens is 3. The number of nitrogens with one attached hydrogen (secondary N) is 1. The summed E-state index contributed by atoms with van der Waals surface area (Å²) in [5, 5.41) is 3.11. The van der Waals surface area contributed by atoms with Crippen molar-refractivity contribution in [2.24, 2.45) is 13.0 Å². The summed E-state index contributed by atoms with van der Waals surface area (Å²) in [4.78, 5) is 30.2. The lowest BCUT2D eigenvalue weighted by atomic mass is 10.1. The molecule has 1 fully saturated rings. The first kappa shape index (κ1) is 28.9. The highest BCUT2D eigenvalue weighted by Gasteiger charge is 2.41. The quantitative estimate of drug-likeness (QED) is 0.390. The third-order valence-electron chi connectivity index (χ3n) is 7.34. The lowest BCUT2D eigenvalue weighted by Gasteiger charge is -2.35. The lowest BCUT2D eigenvalue weighted by Crippen LogP contribution is -2.48. The van der Waals surface area contributed by atoms with Gasteiger partial charge in [0.05, 0.1) is 35.2 Å². The van der Waals surface area contributed by atoms with Crippen molar-refractivity contribution < 1.29 is 31.6 Å². The molecule has 2 aliphatic rings. The molecule has 1 unspecified atom stereocenters. The average molecular weight is 596 g/mol. The Kier molecular flexibility index (Phi) is 7.99. The van der Waals surface area contributed by atoms with Crippen LogP contribution in [0.4, 0.5) is 30.9 Å². The van der Waals surface area contributed by atoms with E-state index in [1.807, 2.05) is 34.7 Å². The number of hydrogen-bond donors (Lipinski definition) is 1. The van der Waals surface area contributed by atoms with Gasteiger partial charge in [0.25, 0.3) is 0 Å². The van der Waals surface area contributed by atoms with Gasteiger partial charge in [0.1, 0.15) is 28.6 Å². The number of hydrogen-bond acceptors (Lipinski definition) is 10. The highest BCUT2D eigenvalue weighted by atomic mass is 32.2. The summed E-state index contributed by atoms with van der Waals surface area (Å²) >= 11 is 0. The van der Waals surface area contributed by atoms with E-state index in [1.165, 1.54) is 0 Å². The van der Waals surface area contributed by atoms with Crippen molar-refractivity contribution in [1.82, 2.24) is 19.5 Å². The summed E-state index contributed by atoms with van der Waals surface area (Å²) in [7, 11) is 2.24. The molecule has 2 atom stereocenters. The number of ether oxygens (including phenoxy) is 2. The van der Waals surface area contributed by atoms with Crippen LogP contribution in [0.1, 0.15) is 19.5 Å². The Balaban J connectivity index is 1.35. The van der Waals surface area contributed by atoms with Crippen molar-refractivity contribution in [2.75, 3.05) is 60.8 Å². The van der Waals surface area contributed by atoms with Gasteiger partial charge in [0.15, 0.2) is 0 Å². The fourth-order valence-electron chi connectivity index (χ4n) is 4.98. The summed E-state index contributed by atoms with van der Waals surface area (Å²) in [6, 6.07) is 5.12. The third kappa shape index (κ3) is 5.76. The van der Waals surface area contributed by atoms with Crippen molar-refractivity contribution in [3.63, 3.8) is 0 Å². The maximum absolute atomic E-state index is 12.8. The molecule has 0 amide bonds. The number of anilines is 3. The Morgan fingerprint density at radius 1 is 1.12 bits per heavy atom. The Labute approximate surface area is 237 Å². The van der Waals surface area contributed by atoms with Crippen LogP contribution in [0.2, 0.25) is 0 Å². The third-order valence-corrected chi connectivity index (χ3v) is 8.80. The maximum atomic E-state index is 12.8. The second-order valence-corrected chi connectivity index (χ2v) is 11.8. The Hall–Kier alpha value is -3.62. The minimum absolute atomic E-state index is 0.213. The van der Waals surface area contributed by atoms with E-state index in [2.05, 4.69) is 19.9 Å². The second-order valence-electron chi connectivity index (χ2n) is 10.3. The van der Waals surface area contributed by atoms with Crippen LogP contribution in [0.15, 0.2) is 23.1 Å². The molecule has 5 rings (SSSR count). The predicted molar refractivity (Wildman–Crippen MR) is 148 cm³/mol. The van der Waals surface area contributed by atoms with Crippen LogP contribution in [-0.2, 0) is 33.8 Å². The summed E-state index contributed by atoms with van der Waals surface area (Å²) < 4.78 is 62.9. The van der Waals surface area contributed by atoms with Gasteiger partial charge in [-0.1, -0.05) is 19.9 Å². The normalized spacial score (nSPS) is 18.1. The van der Waals surface area contributed by atoms with Crippen LogP contribution >= 0.6 is 0 Å². The number of para-hydroxylation sites is 1. The summed E-state index contributed by atoms with van der Waals surface area (Å²) in [6.45, 7) is 5.55. The number of rotatable bonds is 8. The number of alkyl halides is 3. The largest absolute Gasteiger partial charge is 0.494 e. The number of aryl methyl sites for hydroxylation is 2. The van der Waals surface area contributed by atoms with E-state index in [0.717, 1.165) is 17.0 Å². The molecule has 1 saturated heterocycles. The molecule has 1 aromatic carbocycles. The molecule has 0 aliphatic carbocycles. The summed E-state index contributed by atoms with van der Waals surface area (Å²) in [5.41, 5.74) is 2.41. The minimum Gasteiger partial charge on any atom is -0.494 e. The molecule has 0 radical (unpaired) electrons. The average Bonchev–Trinajstić information content (AvgIpc) is 3.49. The highest BCUT2D eigenvalue weighted by Crippen LogP contribution is 2.32. The topological polar surface area (TPSA) is 115 Å². The van der Waals surface area contributed by atoms with E-state index in [9.17, 15) is 22.2 Å². The molecule has 11 nitrogen and oxygen atoms in total. The van der Waals surface area contributed by atoms with Gasteiger partial charge in [-0.15, -0.1) is 0 Å². The number of aromatic nitrogens is 4. The number of nitrogens with zero attached hydrogens (tertiary/aromatic N) is 6. The number of benzene rings is 1. The van der Waals surface area contributed by atoms with Gasteiger partial charge in [-0.3, -0.25) is 4.21 Å². The standard InChI is InChI=1S/C26H32F3N7O4S/c1-15(2)17(14-40-23(37)26(27,28)29)30-22-21-16(8-13-41(21)38)31-24(33-22)35-9-11-36(12-10-35)25-32-20-18(34(25)3)6-5-7-19(20)39-4/h5-7,15,17H,8-14H2,1-4H3,(H,30,31,33)/t17-,41?/m0/s1. The molecule has 3 aromatic rings. The van der Waals surface area contributed by atoms with Gasteiger partial charge in [-0.2, -0.15) is 18.2 Å². The van der Waals surface area contributed by atoms with E-state index in [-0.39, 0.29) is 5.92 Å². The number of carbonyl (C=O) groups excluding carboxylic acids is 1. The zero-order valence-corrected chi connectivity index (χ0v) is 24.0. The maximum Gasteiger partial charge on any atom is 0.490 e. The van der Waals surface area contributed by atoms with Crippen molar-refractivity contribution in [1.29, 1.82) is 0 Å². The van der Waals surface area contributed by atoms with E-state index >= 15 is 0 Å². The van der Waals surface area contributed by atoms with E-state index < -0.39 is 35.6 Å². The van der Waals surface area contributed by atoms with Crippen LogP contribution in [0.5, 0.6) is 5.75 Å². The van der Waals surface area contributed by atoms with Crippen molar-refractivity contribution >= 4 is 45.5 Å². The monoisotopic (exact) mass is 595 g/mol. The van der Waals surface area contributed by atoms with Crippen LogP contribution in [-0.4, -0.2) is 87.6 Å². The number of carbonyl (C=O) groups is 1. The van der Waals surface area contributed by atoms with Crippen LogP contribution in [0.3, 0.4) is 0 Å². The molecular weight excluding hydrogens is 563 g/mol. The molecule has 15 heteroatoms. The number of methoxy groups -OCH3 is 1. The minimum atomic E-state index is -5.08. The molecule has 4 heterocycles. The van der Waals surface area contributed by atoms with Crippen molar-refractivity contribution in [3.8, 4) is 5.75 Å². The second kappa shape index (κ2) is 11.3. The van der Waals surface area contributed by atoms with Crippen LogP contribution < -0.4 is 19.9 Å². The lowest BCUT2D eigenvalue weighted by molar-refractivity contribution is -0.200. The fourth-order valence-corrected chi connectivity index (χ4v) is 6.29. The zero-order valence-electron chi connectivity index (χ0n) is 23.2. The highest BCUT2D eigenvalue weighted by molar-refractivity contribution is 7.85. The molecule has 2 aromatic heterocycles. The molecule has 0 saturated carbocycles. The van der Waals surface area contributed by atoms with Gasteiger partial charge in [0.2, 0.25) is 11.9 Å². The van der Waals surface area contributed by atoms with Gasteiger partial charge in [0, 0.05) is 45.4 Å². The first-order valence-corrected chi connectivity index (χ1v) is 14.6. The summed E-state index contributed by atoms with van der Waals surface area (Å²) in [5.74, 6) is 0.208. The Morgan fingerprint density at radius 3 is 2.49 bits per heavy atom. The van der Waals surface area contributed by atoms with Crippen molar-refractivity contribution in [3.05, 3.63) is 23.9 Å². The molecular formula is C26H32F3N7O4S. The Bertz CT molecular complexity index is 1470. The van der Waals surface area contributed by atoms with Crippen LogP contribution in [0, 0.1) is 5.92 Å². The van der Waals surface area contributed by atoms with E-state index in [0.29, 0.717) is 66.5 Å². The molecule has 0 spiro atoms. The van der Waals surface area contributed by atoms with Gasteiger partial charge >= 0.3 is 12.1 Å². The SMILES string of the molecule is COc1cccc2c1nc(N1CCN(c3nc4c(c(N[C@@H](COC(=O)C(F)(F)F)C(C)C)n3)S(=O)CC4)CC1)n2C. The van der Waals surface area contributed by atoms with Crippen molar-refractivity contribution in [2.45, 2.75) is 37.4 Å². The van der Waals surface area contributed by atoms with Gasteiger partial charge < -0.3 is 29.2 Å². The number of imidazole rings is 1. The number of esters is 1. The first-order valence-electron chi connectivity index (χ1n) is 13.3. The summed E-state index contributed by atoms with van der Waals surface area (Å²) in [6.07, 6.45) is -4.58. The van der Waals surface area contributed by atoms with E-state index in [1.54, 1.807) is 21.0 Å². The molecule has 0 bridgehead atoms. The molecule has 222 valence electrons. The first-order chi connectivity index (χ1) is 19.5. The van der Waals surface area contributed by atoms with Crippen LogP contribution in [0.25, 0.3) is 11.0 Å².